The zero-order chi connectivity index (χ0) is 13.3. The molecular weight excluding hydrogens is 252 g/mol. The van der Waals surface area contributed by atoms with Gasteiger partial charge in [0.15, 0.2) is 0 Å². The summed E-state index contributed by atoms with van der Waals surface area (Å²) in [5, 5.41) is 10.3. The van der Waals surface area contributed by atoms with Crippen LogP contribution in [0, 0.1) is 0 Å². The molecule has 0 bridgehead atoms. The van der Waals surface area contributed by atoms with Crippen molar-refractivity contribution in [2.24, 2.45) is 0 Å². The van der Waals surface area contributed by atoms with E-state index >= 15 is 0 Å². The van der Waals surface area contributed by atoms with Crippen LogP contribution in [0.2, 0.25) is 5.02 Å². The highest BCUT2D eigenvalue weighted by Crippen LogP contribution is 2.34. The fraction of sp³-hybridized carbons (Fsp3) is 0.357. The smallest absolute Gasteiger partial charge is 0.334 e. The molecule has 1 aliphatic heterocycles. The summed E-state index contributed by atoms with van der Waals surface area (Å²) in [6.07, 6.45) is 1.48. The number of carbonyl (C=O) groups is 1. The average molecular weight is 267 g/mol. The Kier molecular flexibility index (Phi) is 3.46. The third-order valence-electron chi connectivity index (χ3n) is 3.22. The minimum Gasteiger partial charge on any atom is -0.453 e. The highest BCUT2D eigenvalue weighted by molar-refractivity contribution is 6.30. The van der Waals surface area contributed by atoms with Crippen molar-refractivity contribution in [3.63, 3.8) is 0 Å². The summed E-state index contributed by atoms with van der Waals surface area (Å²) in [6, 6.07) is 7.20. The minimum absolute atomic E-state index is 0.367. The summed E-state index contributed by atoms with van der Waals surface area (Å²) in [5.74, 6) is -0.367. The van der Waals surface area contributed by atoms with Crippen molar-refractivity contribution in [3.8, 4) is 0 Å². The molecule has 1 aromatic carbocycles. The highest BCUT2D eigenvalue weighted by atomic mass is 35.5. The van der Waals surface area contributed by atoms with Crippen LogP contribution in [0.4, 0.5) is 0 Å². The van der Waals surface area contributed by atoms with Crippen molar-refractivity contribution in [1.29, 1.82) is 0 Å². The molecule has 0 amide bonds. The summed E-state index contributed by atoms with van der Waals surface area (Å²) in [5.41, 5.74) is 0.636. The topological polar surface area (TPSA) is 46.5 Å². The number of ether oxygens (including phenoxy) is 1. The van der Waals surface area contributed by atoms with E-state index in [1.807, 2.05) is 12.1 Å². The predicted octanol–water partition coefficient (Wildman–Crippen LogP) is 2.81. The van der Waals surface area contributed by atoms with Crippen LogP contribution in [0.1, 0.15) is 25.8 Å². The van der Waals surface area contributed by atoms with E-state index in [1.54, 1.807) is 32.1 Å². The normalized spacial score (nSPS) is 27.3. The molecule has 0 aliphatic carbocycles. The zero-order valence-corrected chi connectivity index (χ0v) is 11.1. The second kappa shape index (κ2) is 4.75. The Hall–Kier alpha value is -1.32. The number of carbonyl (C=O) groups excluding carboxylic acids is 1. The van der Waals surface area contributed by atoms with E-state index in [2.05, 4.69) is 0 Å². The molecule has 1 aromatic rings. The lowest BCUT2D eigenvalue weighted by atomic mass is 9.94. The molecule has 1 N–H and O–H groups in total. The van der Waals surface area contributed by atoms with E-state index in [4.69, 9.17) is 16.3 Å². The van der Waals surface area contributed by atoms with Crippen LogP contribution in [-0.4, -0.2) is 22.8 Å². The number of aliphatic hydroxyl groups excluding tert-OH is 1. The van der Waals surface area contributed by atoms with E-state index in [0.29, 0.717) is 17.0 Å². The molecule has 0 radical (unpaired) electrons. The second-order valence-corrected chi connectivity index (χ2v) is 5.21. The Labute approximate surface area is 111 Å². The van der Waals surface area contributed by atoms with Gasteiger partial charge >= 0.3 is 5.97 Å². The van der Waals surface area contributed by atoms with Gasteiger partial charge in [0.2, 0.25) is 0 Å². The molecule has 1 heterocycles. The maximum Gasteiger partial charge on any atom is 0.334 e. The number of esters is 1. The predicted molar refractivity (Wildman–Crippen MR) is 70.2 cm³/mol. The molecule has 96 valence electrons. The lowest BCUT2D eigenvalue weighted by molar-refractivity contribution is -0.153. The molecule has 0 spiro atoms. The molecule has 4 heteroatoms. The lowest BCUT2D eigenvalue weighted by Gasteiger charge is -2.24. The van der Waals surface area contributed by atoms with Gasteiger partial charge in [-0.2, -0.15) is 0 Å². The molecule has 0 aromatic heterocycles. The van der Waals surface area contributed by atoms with Crippen LogP contribution in [-0.2, 0) is 9.53 Å². The van der Waals surface area contributed by atoms with Gasteiger partial charge in [-0.15, -0.1) is 0 Å². The lowest BCUT2D eigenvalue weighted by Crippen LogP contribution is -2.36. The Morgan fingerprint density at radius 1 is 1.44 bits per heavy atom. The number of rotatable bonds is 2. The van der Waals surface area contributed by atoms with Crippen molar-refractivity contribution in [2.75, 3.05) is 0 Å². The first-order valence-electron chi connectivity index (χ1n) is 5.78. The quantitative estimate of drug-likeness (QED) is 0.661. The van der Waals surface area contributed by atoms with Crippen molar-refractivity contribution in [1.82, 2.24) is 0 Å². The Bertz CT molecular complexity index is 490. The largest absolute Gasteiger partial charge is 0.453 e. The van der Waals surface area contributed by atoms with Gasteiger partial charge in [0, 0.05) is 17.0 Å². The van der Waals surface area contributed by atoms with Gasteiger partial charge in [-0.05, 0) is 37.6 Å². The third-order valence-corrected chi connectivity index (χ3v) is 3.48. The molecule has 1 aliphatic rings. The first kappa shape index (κ1) is 13.1. The number of hydrogen-bond acceptors (Lipinski definition) is 3. The van der Waals surface area contributed by atoms with Gasteiger partial charge in [-0.1, -0.05) is 23.7 Å². The number of cyclic esters (lactones) is 1. The first-order valence-corrected chi connectivity index (χ1v) is 6.16. The van der Waals surface area contributed by atoms with E-state index in [1.165, 1.54) is 0 Å². The van der Waals surface area contributed by atoms with E-state index in [9.17, 15) is 9.90 Å². The maximum atomic E-state index is 11.7. The summed E-state index contributed by atoms with van der Waals surface area (Å²) in [4.78, 5) is 11.7. The SMILES string of the molecule is CC(O)[C@]1(C)C/C(=C\c2ccc(Cl)cc2)C(=O)O1. The summed E-state index contributed by atoms with van der Waals surface area (Å²) in [7, 11) is 0. The van der Waals surface area contributed by atoms with Gasteiger partial charge < -0.3 is 9.84 Å². The fourth-order valence-electron chi connectivity index (χ4n) is 1.87. The molecule has 1 saturated heterocycles. The van der Waals surface area contributed by atoms with E-state index < -0.39 is 11.7 Å². The zero-order valence-electron chi connectivity index (χ0n) is 10.3. The van der Waals surface area contributed by atoms with Crippen LogP contribution < -0.4 is 0 Å². The first-order chi connectivity index (χ1) is 8.40. The van der Waals surface area contributed by atoms with Crippen LogP contribution in [0.15, 0.2) is 29.8 Å². The van der Waals surface area contributed by atoms with Crippen molar-refractivity contribution in [2.45, 2.75) is 32.0 Å². The number of halogens is 1. The molecule has 18 heavy (non-hydrogen) atoms. The molecular formula is C14H15ClO3. The maximum absolute atomic E-state index is 11.7. The van der Waals surface area contributed by atoms with Gasteiger partial charge in [0.05, 0.1) is 6.10 Å². The molecule has 0 saturated carbocycles. The molecule has 1 fully saturated rings. The van der Waals surface area contributed by atoms with Crippen molar-refractivity contribution >= 4 is 23.6 Å². The number of aliphatic hydroxyl groups is 1. The van der Waals surface area contributed by atoms with Gasteiger partial charge in [-0.25, -0.2) is 4.79 Å². The monoisotopic (exact) mass is 266 g/mol. The van der Waals surface area contributed by atoms with Gasteiger partial charge in [0.1, 0.15) is 5.60 Å². The summed E-state index contributed by atoms with van der Waals surface area (Å²) >= 11 is 5.80. The number of hydrogen-bond donors (Lipinski definition) is 1. The molecule has 2 rings (SSSR count). The van der Waals surface area contributed by atoms with Crippen LogP contribution >= 0.6 is 11.6 Å². The van der Waals surface area contributed by atoms with E-state index in [0.717, 1.165) is 5.56 Å². The van der Waals surface area contributed by atoms with Gasteiger partial charge in [0.25, 0.3) is 0 Å². The van der Waals surface area contributed by atoms with Gasteiger partial charge in [-0.3, -0.25) is 0 Å². The average Bonchev–Trinajstić information content (AvgIpc) is 2.59. The minimum atomic E-state index is -0.824. The Morgan fingerprint density at radius 2 is 2.06 bits per heavy atom. The van der Waals surface area contributed by atoms with Crippen molar-refractivity contribution < 1.29 is 14.6 Å². The Morgan fingerprint density at radius 3 is 2.56 bits per heavy atom. The Balaban J connectivity index is 2.24. The molecule has 1 unspecified atom stereocenters. The molecule has 3 nitrogen and oxygen atoms in total. The summed E-state index contributed by atoms with van der Waals surface area (Å²) in [6.45, 7) is 3.36. The standard InChI is InChI=1S/C14H15ClO3/c1-9(16)14(2)8-11(13(17)18-14)7-10-3-5-12(15)6-4-10/h3-7,9,16H,8H2,1-2H3/b11-7+/t9?,14-/m0/s1. The van der Waals surface area contributed by atoms with Crippen LogP contribution in [0.3, 0.4) is 0 Å². The number of benzene rings is 1. The van der Waals surface area contributed by atoms with Crippen LogP contribution in [0.25, 0.3) is 6.08 Å². The van der Waals surface area contributed by atoms with E-state index in [-0.39, 0.29) is 5.97 Å². The third kappa shape index (κ3) is 2.57. The second-order valence-electron chi connectivity index (χ2n) is 4.78. The highest BCUT2D eigenvalue weighted by Gasteiger charge is 2.43. The van der Waals surface area contributed by atoms with Crippen LogP contribution in [0.5, 0.6) is 0 Å². The van der Waals surface area contributed by atoms with Crippen molar-refractivity contribution in [3.05, 3.63) is 40.4 Å². The molecule has 2 atom stereocenters. The fourth-order valence-corrected chi connectivity index (χ4v) is 1.99. The summed E-state index contributed by atoms with van der Waals surface area (Å²) < 4.78 is 5.24.